The molecule has 3 aliphatic heterocycles. The highest BCUT2D eigenvalue weighted by atomic mass is 32.1. The van der Waals surface area contributed by atoms with Crippen LogP contribution in [0.4, 0.5) is 0 Å². The lowest BCUT2D eigenvalue weighted by Crippen LogP contribution is -2.20. The quantitative estimate of drug-likeness (QED) is 0.419. The Morgan fingerprint density at radius 2 is 0.914 bits per heavy atom. The number of thiophene rings is 3. The lowest BCUT2D eigenvalue weighted by molar-refractivity contribution is 0.165. The van der Waals surface area contributed by atoms with Gasteiger partial charge in [0.1, 0.15) is 39.6 Å². The molecule has 0 radical (unpaired) electrons. The van der Waals surface area contributed by atoms with E-state index in [2.05, 4.69) is 23.9 Å². The molecule has 0 saturated heterocycles. The van der Waals surface area contributed by atoms with Crippen molar-refractivity contribution in [3.63, 3.8) is 0 Å². The Hall–Kier alpha value is -2.18. The molecular weight excluding hydrogens is 508 g/mol. The predicted molar refractivity (Wildman–Crippen MR) is 136 cm³/mol. The molecule has 35 heavy (non-hydrogen) atoms. The van der Waals surface area contributed by atoms with Gasteiger partial charge in [0.2, 0.25) is 0 Å². The van der Waals surface area contributed by atoms with Crippen LogP contribution in [0.25, 0.3) is 0 Å². The number of rotatable bonds is 8. The molecule has 0 aromatic carbocycles. The lowest BCUT2D eigenvalue weighted by Gasteiger charge is -2.21. The first-order valence-corrected chi connectivity index (χ1v) is 14.2. The maximum absolute atomic E-state index is 6.09. The average Bonchev–Trinajstić information content (AvgIpc) is 3.56. The topological polar surface area (TPSA) is 61.9 Å². The maximum atomic E-state index is 6.09. The average molecular weight is 537 g/mol. The summed E-state index contributed by atoms with van der Waals surface area (Å²) < 4.78 is 35.3. The molecule has 0 aliphatic carbocycles. The van der Waals surface area contributed by atoms with Gasteiger partial charge in [0.15, 0.2) is 34.5 Å². The maximum Gasteiger partial charge on any atom is 0.176 e. The molecule has 0 atom stereocenters. The first-order valence-electron chi connectivity index (χ1n) is 11.6. The third-order valence-corrected chi connectivity index (χ3v) is 8.92. The van der Waals surface area contributed by atoms with E-state index < -0.39 is 0 Å². The van der Waals surface area contributed by atoms with Crippen LogP contribution in [-0.2, 0) is 26.2 Å². The zero-order valence-electron chi connectivity index (χ0n) is 19.8. The Kier molecular flexibility index (Phi) is 6.68. The van der Waals surface area contributed by atoms with Crippen LogP contribution in [0.5, 0.6) is 34.5 Å². The molecule has 6 rings (SSSR count). The van der Waals surface area contributed by atoms with Crippen molar-refractivity contribution in [3.05, 3.63) is 30.3 Å². The van der Waals surface area contributed by atoms with Crippen LogP contribution in [-0.4, -0.2) is 63.5 Å². The number of hydrogen-bond acceptors (Lipinski definition) is 11. The summed E-state index contributed by atoms with van der Waals surface area (Å²) >= 11 is 5.15. The number of fused-ring (bicyclic) bond motifs is 3. The van der Waals surface area contributed by atoms with Gasteiger partial charge in [0.05, 0.1) is 19.5 Å². The monoisotopic (exact) mass is 536 g/mol. The van der Waals surface area contributed by atoms with Crippen molar-refractivity contribution in [2.45, 2.75) is 26.2 Å². The Morgan fingerprint density at radius 1 is 0.543 bits per heavy atom. The fourth-order valence-electron chi connectivity index (χ4n) is 4.42. The molecule has 188 valence electrons. The summed E-state index contributed by atoms with van der Waals surface area (Å²) in [4.78, 5) is 9.34. The van der Waals surface area contributed by atoms with Gasteiger partial charge in [-0.3, -0.25) is 9.80 Å². The van der Waals surface area contributed by atoms with Gasteiger partial charge in [0.25, 0.3) is 0 Å². The van der Waals surface area contributed by atoms with E-state index in [0.29, 0.717) is 39.6 Å². The highest BCUT2D eigenvalue weighted by Crippen LogP contribution is 2.46. The molecule has 3 aromatic heterocycles. The van der Waals surface area contributed by atoms with Crippen LogP contribution in [0.2, 0.25) is 0 Å². The first-order chi connectivity index (χ1) is 17.2. The molecule has 0 spiro atoms. The molecule has 3 aliphatic rings. The smallest absolute Gasteiger partial charge is 0.176 e. The van der Waals surface area contributed by atoms with Crippen molar-refractivity contribution < 1.29 is 28.4 Å². The number of nitrogens with zero attached hydrogens (tertiary/aromatic N) is 2. The Labute approximate surface area is 216 Å². The van der Waals surface area contributed by atoms with Crippen molar-refractivity contribution in [1.82, 2.24) is 9.80 Å². The summed E-state index contributed by atoms with van der Waals surface area (Å²) in [5.41, 5.74) is 0. The van der Waals surface area contributed by atoms with Crippen molar-refractivity contribution >= 4 is 34.0 Å². The summed E-state index contributed by atoms with van der Waals surface area (Å²) in [7, 11) is 4.25. The van der Waals surface area contributed by atoms with Crippen molar-refractivity contribution in [3.8, 4) is 34.5 Å². The molecular formula is C24H28N2O6S3. The van der Waals surface area contributed by atoms with E-state index in [0.717, 1.165) is 60.7 Å². The summed E-state index contributed by atoms with van der Waals surface area (Å²) in [5.74, 6) is 5.32. The van der Waals surface area contributed by atoms with E-state index in [1.807, 2.05) is 10.8 Å². The lowest BCUT2D eigenvalue weighted by atomic mass is 10.3. The summed E-state index contributed by atoms with van der Waals surface area (Å²) in [6.07, 6.45) is 0. The summed E-state index contributed by atoms with van der Waals surface area (Å²) in [5, 5.41) is 4.08. The van der Waals surface area contributed by atoms with E-state index in [4.69, 9.17) is 28.4 Å². The normalized spacial score (nSPS) is 16.2. The van der Waals surface area contributed by atoms with Crippen LogP contribution in [0.3, 0.4) is 0 Å². The number of hydrogen-bond donors (Lipinski definition) is 0. The zero-order chi connectivity index (χ0) is 23.8. The van der Waals surface area contributed by atoms with Crippen LogP contribution < -0.4 is 28.4 Å². The molecule has 6 heterocycles. The standard InChI is InChI=1S/C24H28N2O6S3/c1-25(9-17-21-15(13-33-17)27-3-5-29-21)11-19-23-24(32-8-7-31-23)20(35-19)12-26(2)10-18-22-16(14-34-18)28-4-6-30-22/h13-14H,3-12H2,1-2H3. The highest BCUT2D eigenvalue weighted by Gasteiger charge is 2.27. The second kappa shape index (κ2) is 10.1. The third-order valence-electron chi connectivity index (χ3n) is 5.93. The van der Waals surface area contributed by atoms with Gasteiger partial charge in [-0.15, -0.1) is 34.0 Å². The Morgan fingerprint density at radius 3 is 1.37 bits per heavy atom. The molecule has 0 bridgehead atoms. The van der Waals surface area contributed by atoms with Crippen molar-refractivity contribution in [2.75, 3.05) is 53.7 Å². The number of ether oxygens (including phenoxy) is 6. The fourth-order valence-corrected chi connectivity index (χ4v) is 7.75. The zero-order valence-corrected chi connectivity index (χ0v) is 22.2. The largest absolute Gasteiger partial charge is 0.485 e. The molecule has 0 fully saturated rings. The van der Waals surface area contributed by atoms with Gasteiger partial charge < -0.3 is 28.4 Å². The first kappa shape index (κ1) is 23.2. The molecule has 0 saturated carbocycles. The predicted octanol–water partition coefficient (Wildman–Crippen LogP) is 4.45. The van der Waals surface area contributed by atoms with Gasteiger partial charge in [-0.05, 0) is 14.1 Å². The summed E-state index contributed by atoms with van der Waals surface area (Å²) in [6.45, 7) is 6.73. The molecule has 0 amide bonds. The second-order valence-corrected chi connectivity index (χ2v) is 11.9. The Bertz CT molecular complexity index is 1100. The fraction of sp³-hybridized carbons (Fsp3) is 0.500. The third kappa shape index (κ3) is 4.79. The minimum absolute atomic E-state index is 0.581. The van der Waals surface area contributed by atoms with Gasteiger partial charge in [-0.1, -0.05) is 0 Å². The van der Waals surface area contributed by atoms with Crippen molar-refractivity contribution in [2.24, 2.45) is 0 Å². The molecule has 0 N–H and O–H groups in total. The van der Waals surface area contributed by atoms with E-state index >= 15 is 0 Å². The highest BCUT2D eigenvalue weighted by molar-refractivity contribution is 7.12. The van der Waals surface area contributed by atoms with Gasteiger partial charge in [-0.25, -0.2) is 0 Å². The molecule has 8 nitrogen and oxygen atoms in total. The van der Waals surface area contributed by atoms with Crippen LogP contribution in [0, 0.1) is 0 Å². The summed E-state index contributed by atoms with van der Waals surface area (Å²) in [6, 6.07) is 0. The van der Waals surface area contributed by atoms with Gasteiger partial charge >= 0.3 is 0 Å². The minimum Gasteiger partial charge on any atom is -0.485 e. The van der Waals surface area contributed by atoms with E-state index in [1.165, 1.54) is 19.5 Å². The van der Waals surface area contributed by atoms with E-state index in [1.54, 1.807) is 34.0 Å². The van der Waals surface area contributed by atoms with Crippen LogP contribution in [0.15, 0.2) is 10.8 Å². The van der Waals surface area contributed by atoms with Crippen molar-refractivity contribution in [1.29, 1.82) is 0 Å². The second-order valence-electron chi connectivity index (χ2n) is 8.75. The Balaban J connectivity index is 1.15. The molecule has 0 unspecified atom stereocenters. The van der Waals surface area contributed by atoms with Gasteiger partial charge in [0, 0.05) is 36.9 Å². The molecule has 11 heteroatoms. The van der Waals surface area contributed by atoms with Crippen LogP contribution in [0.1, 0.15) is 19.5 Å². The SMILES string of the molecule is CN(Cc1scc2c1OCCO2)Cc1sc(CN(C)Cc2scc3c2OCCO3)c2c1OCCO2. The van der Waals surface area contributed by atoms with E-state index in [-0.39, 0.29) is 0 Å². The van der Waals surface area contributed by atoms with Crippen LogP contribution >= 0.6 is 34.0 Å². The van der Waals surface area contributed by atoms with Gasteiger partial charge in [-0.2, -0.15) is 0 Å². The van der Waals surface area contributed by atoms with E-state index in [9.17, 15) is 0 Å². The minimum atomic E-state index is 0.581. The molecule has 3 aromatic rings.